The minimum atomic E-state index is -1.08. The van der Waals surface area contributed by atoms with Gasteiger partial charge in [0.05, 0.1) is 0 Å². The maximum atomic E-state index is 12.3. The summed E-state index contributed by atoms with van der Waals surface area (Å²) in [5.41, 5.74) is 0.458. The van der Waals surface area contributed by atoms with Crippen molar-refractivity contribution < 1.29 is 14.7 Å². The molecule has 0 saturated heterocycles. The van der Waals surface area contributed by atoms with Crippen LogP contribution in [-0.4, -0.2) is 41.7 Å². The number of urea groups is 1. The van der Waals surface area contributed by atoms with Crippen molar-refractivity contribution in [3.8, 4) is 0 Å². The molecule has 1 rings (SSSR count). The van der Waals surface area contributed by atoms with Crippen LogP contribution in [-0.2, 0) is 4.79 Å². The highest BCUT2D eigenvalue weighted by atomic mass is 35.5. The van der Waals surface area contributed by atoms with Crippen molar-refractivity contribution in [1.29, 1.82) is 0 Å². The van der Waals surface area contributed by atoms with Crippen LogP contribution in [0.4, 0.5) is 10.5 Å². The molecule has 1 aromatic carbocycles. The predicted molar refractivity (Wildman–Crippen MR) is 87.4 cm³/mol. The van der Waals surface area contributed by atoms with Crippen LogP contribution in [0.1, 0.15) is 13.3 Å². The van der Waals surface area contributed by atoms with Gasteiger partial charge in [-0.25, -0.2) is 4.79 Å². The quantitative estimate of drug-likeness (QED) is 0.806. The van der Waals surface area contributed by atoms with Crippen LogP contribution in [0.5, 0.6) is 0 Å². The molecule has 1 atom stereocenters. The van der Waals surface area contributed by atoms with E-state index >= 15 is 0 Å². The first kappa shape index (κ1) is 17.7. The van der Waals surface area contributed by atoms with Gasteiger partial charge in [-0.15, -0.1) is 0 Å². The molecule has 0 fully saturated rings. The molecule has 2 amide bonds. The molecule has 0 bridgehead atoms. The molecule has 0 radical (unpaired) electrons. The number of carbonyl (C=O) groups excluding carboxylic acids is 1. The largest absolute Gasteiger partial charge is 0.480 e. The first-order valence-corrected chi connectivity index (χ1v) is 8.25. The van der Waals surface area contributed by atoms with Gasteiger partial charge in [-0.05, 0) is 43.6 Å². The molecular weight excluding hydrogens is 312 g/mol. The van der Waals surface area contributed by atoms with E-state index in [1.807, 2.05) is 13.2 Å². The van der Waals surface area contributed by atoms with Crippen LogP contribution in [0.25, 0.3) is 0 Å². The van der Waals surface area contributed by atoms with Crippen molar-refractivity contribution in [3.05, 3.63) is 29.3 Å². The zero-order chi connectivity index (χ0) is 15.8. The molecule has 0 spiro atoms. The number of amides is 2. The number of halogens is 1. The first-order valence-electron chi connectivity index (χ1n) is 6.48. The Labute approximate surface area is 133 Å². The van der Waals surface area contributed by atoms with E-state index in [1.54, 1.807) is 36.0 Å². The Morgan fingerprint density at radius 3 is 2.76 bits per heavy atom. The fourth-order valence-electron chi connectivity index (χ4n) is 1.72. The summed E-state index contributed by atoms with van der Waals surface area (Å²) in [5.74, 6) is -0.153. The topological polar surface area (TPSA) is 69.6 Å². The Balaban J connectivity index is 2.82. The number of hydrogen-bond acceptors (Lipinski definition) is 3. The van der Waals surface area contributed by atoms with Crippen LogP contribution in [0.2, 0.25) is 5.02 Å². The second-order valence-electron chi connectivity index (χ2n) is 4.59. The van der Waals surface area contributed by atoms with Crippen LogP contribution >= 0.6 is 23.4 Å². The van der Waals surface area contributed by atoms with E-state index in [1.165, 1.54) is 4.90 Å². The van der Waals surface area contributed by atoms with Crippen molar-refractivity contribution in [2.24, 2.45) is 0 Å². The number of rotatable bonds is 7. The summed E-state index contributed by atoms with van der Waals surface area (Å²) in [6, 6.07) is 6.10. The molecular formula is C14H19ClN2O3S. The Bertz CT molecular complexity index is 499. The van der Waals surface area contributed by atoms with Gasteiger partial charge >= 0.3 is 12.0 Å². The SMILES string of the molecule is CSCCC(C)NC(=O)N(CC(=O)O)c1cccc(Cl)c1. The summed E-state index contributed by atoms with van der Waals surface area (Å²) < 4.78 is 0. The number of nitrogens with zero attached hydrogens (tertiary/aromatic N) is 1. The third kappa shape index (κ3) is 6.27. The second-order valence-corrected chi connectivity index (χ2v) is 6.01. The molecule has 1 unspecified atom stereocenters. The summed E-state index contributed by atoms with van der Waals surface area (Å²) in [6.45, 7) is 1.48. The molecule has 0 saturated carbocycles. The van der Waals surface area contributed by atoms with E-state index in [0.717, 1.165) is 12.2 Å². The molecule has 7 heteroatoms. The third-order valence-electron chi connectivity index (χ3n) is 2.78. The molecule has 0 heterocycles. The Morgan fingerprint density at radius 1 is 1.48 bits per heavy atom. The molecule has 2 N–H and O–H groups in total. The fourth-order valence-corrected chi connectivity index (χ4v) is 2.49. The van der Waals surface area contributed by atoms with E-state index in [2.05, 4.69) is 5.32 Å². The lowest BCUT2D eigenvalue weighted by Crippen LogP contribution is -2.46. The molecule has 0 aromatic heterocycles. The maximum Gasteiger partial charge on any atom is 0.323 e. The van der Waals surface area contributed by atoms with E-state index in [-0.39, 0.29) is 6.04 Å². The zero-order valence-corrected chi connectivity index (χ0v) is 13.6. The fraction of sp³-hybridized carbons (Fsp3) is 0.429. The Morgan fingerprint density at radius 2 is 2.19 bits per heavy atom. The normalized spacial score (nSPS) is 11.8. The van der Waals surface area contributed by atoms with Gasteiger partial charge < -0.3 is 10.4 Å². The summed E-state index contributed by atoms with van der Waals surface area (Å²) >= 11 is 7.59. The van der Waals surface area contributed by atoms with Gasteiger partial charge in [0.1, 0.15) is 6.54 Å². The summed E-state index contributed by atoms with van der Waals surface area (Å²) in [4.78, 5) is 24.4. The van der Waals surface area contributed by atoms with Crippen molar-refractivity contribution in [2.75, 3.05) is 23.5 Å². The van der Waals surface area contributed by atoms with Crippen LogP contribution in [0.15, 0.2) is 24.3 Å². The van der Waals surface area contributed by atoms with Gasteiger partial charge in [-0.2, -0.15) is 11.8 Å². The second kappa shape index (κ2) is 8.79. The molecule has 0 aliphatic carbocycles. The molecule has 0 aliphatic rings. The van der Waals surface area contributed by atoms with E-state index in [0.29, 0.717) is 10.7 Å². The number of benzene rings is 1. The van der Waals surface area contributed by atoms with Gasteiger partial charge in [0.2, 0.25) is 0 Å². The number of carbonyl (C=O) groups is 2. The number of aliphatic carboxylic acids is 1. The van der Waals surface area contributed by atoms with E-state index in [4.69, 9.17) is 16.7 Å². The first-order chi connectivity index (χ1) is 9.93. The van der Waals surface area contributed by atoms with Crippen molar-refractivity contribution >= 4 is 41.1 Å². The van der Waals surface area contributed by atoms with Crippen molar-refractivity contribution in [2.45, 2.75) is 19.4 Å². The number of thioether (sulfide) groups is 1. The van der Waals surface area contributed by atoms with Gasteiger partial charge in [0.25, 0.3) is 0 Å². The lowest BCUT2D eigenvalue weighted by molar-refractivity contribution is -0.135. The van der Waals surface area contributed by atoms with E-state index < -0.39 is 18.5 Å². The number of nitrogens with one attached hydrogen (secondary N) is 1. The monoisotopic (exact) mass is 330 g/mol. The standard InChI is InChI=1S/C14H19ClN2O3S/c1-10(6-7-21-2)16-14(20)17(9-13(18)19)12-5-3-4-11(15)8-12/h3-5,8,10H,6-7,9H2,1-2H3,(H,16,20)(H,18,19). The van der Waals surface area contributed by atoms with Crippen LogP contribution in [0, 0.1) is 0 Å². The highest BCUT2D eigenvalue weighted by Crippen LogP contribution is 2.19. The van der Waals surface area contributed by atoms with Gasteiger partial charge in [-0.1, -0.05) is 17.7 Å². The van der Waals surface area contributed by atoms with Gasteiger partial charge in [0, 0.05) is 16.8 Å². The van der Waals surface area contributed by atoms with Gasteiger partial charge in [-0.3, -0.25) is 9.69 Å². The maximum absolute atomic E-state index is 12.3. The molecule has 0 aliphatic heterocycles. The number of anilines is 1. The van der Waals surface area contributed by atoms with Crippen molar-refractivity contribution in [3.63, 3.8) is 0 Å². The van der Waals surface area contributed by atoms with Crippen LogP contribution < -0.4 is 10.2 Å². The summed E-state index contributed by atoms with van der Waals surface area (Å²) in [6.07, 6.45) is 2.82. The number of hydrogen-bond donors (Lipinski definition) is 2. The molecule has 21 heavy (non-hydrogen) atoms. The molecule has 116 valence electrons. The Hall–Kier alpha value is -1.40. The minimum Gasteiger partial charge on any atom is -0.480 e. The number of carboxylic acid groups (broad SMARTS) is 1. The minimum absolute atomic E-state index is 0.0274. The average molecular weight is 331 g/mol. The van der Waals surface area contributed by atoms with Crippen LogP contribution in [0.3, 0.4) is 0 Å². The third-order valence-corrected chi connectivity index (χ3v) is 3.66. The van der Waals surface area contributed by atoms with E-state index in [9.17, 15) is 9.59 Å². The number of carboxylic acids is 1. The lowest BCUT2D eigenvalue weighted by atomic mass is 10.2. The molecule has 1 aromatic rings. The highest BCUT2D eigenvalue weighted by molar-refractivity contribution is 7.98. The summed E-state index contributed by atoms with van der Waals surface area (Å²) in [7, 11) is 0. The average Bonchev–Trinajstić information content (AvgIpc) is 2.42. The Kier molecular flexibility index (Phi) is 7.39. The zero-order valence-electron chi connectivity index (χ0n) is 12.0. The highest BCUT2D eigenvalue weighted by Gasteiger charge is 2.20. The molecule has 5 nitrogen and oxygen atoms in total. The van der Waals surface area contributed by atoms with Crippen molar-refractivity contribution in [1.82, 2.24) is 5.32 Å². The van der Waals surface area contributed by atoms with Gasteiger partial charge in [0.15, 0.2) is 0 Å². The smallest absolute Gasteiger partial charge is 0.323 e. The lowest BCUT2D eigenvalue weighted by Gasteiger charge is -2.24. The summed E-state index contributed by atoms with van der Waals surface area (Å²) in [5, 5.41) is 12.2. The predicted octanol–water partition coefficient (Wildman–Crippen LogP) is 3.08.